The predicted octanol–water partition coefficient (Wildman–Crippen LogP) is 1.45. The monoisotopic (exact) mass is 277 g/mol. The summed E-state index contributed by atoms with van der Waals surface area (Å²) in [6.07, 6.45) is 0. The number of hydrogen-bond donors (Lipinski definition) is 2. The van der Waals surface area contributed by atoms with Crippen molar-refractivity contribution in [3.8, 4) is 11.6 Å². The molecule has 0 saturated heterocycles. The van der Waals surface area contributed by atoms with E-state index >= 15 is 0 Å². The Bertz CT molecular complexity index is 810. The van der Waals surface area contributed by atoms with Gasteiger partial charge in [-0.1, -0.05) is 11.6 Å². The molecule has 19 heavy (non-hydrogen) atoms. The third-order valence-corrected chi connectivity index (χ3v) is 2.67. The van der Waals surface area contributed by atoms with Crippen LogP contribution in [0.3, 0.4) is 0 Å². The average Bonchev–Trinajstić information content (AvgIpc) is 2.76. The van der Waals surface area contributed by atoms with Gasteiger partial charge in [0.25, 0.3) is 0 Å². The van der Waals surface area contributed by atoms with Crippen molar-refractivity contribution >= 4 is 22.9 Å². The number of H-pyrrole nitrogens is 1. The first-order valence-corrected chi connectivity index (χ1v) is 5.68. The summed E-state index contributed by atoms with van der Waals surface area (Å²) in [5.41, 5.74) is 6.14. The van der Waals surface area contributed by atoms with E-state index in [4.69, 9.17) is 22.1 Å². The molecule has 96 valence electrons. The van der Waals surface area contributed by atoms with Crippen LogP contribution in [0.2, 0.25) is 5.02 Å². The van der Waals surface area contributed by atoms with Crippen LogP contribution in [0.1, 0.15) is 0 Å². The highest BCUT2D eigenvalue weighted by Gasteiger charge is 2.07. The first-order chi connectivity index (χ1) is 9.13. The Hall–Kier alpha value is -2.54. The molecule has 0 bridgehead atoms. The van der Waals surface area contributed by atoms with E-state index in [1.807, 2.05) is 0 Å². The zero-order chi connectivity index (χ0) is 13.4. The number of ether oxygens (including phenoxy) is 1. The molecule has 2 heterocycles. The van der Waals surface area contributed by atoms with E-state index in [0.717, 1.165) is 4.52 Å². The Morgan fingerprint density at radius 3 is 3.00 bits per heavy atom. The van der Waals surface area contributed by atoms with Crippen LogP contribution in [-0.2, 0) is 0 Å². The van der Waals surface area contributed by atoms with Crippen LogP contribution in [-0.4, -0.2) is 19.8 Å². The lowest BCUT2D eigenvalue weighted by molar-refractivity contribution is 0.453. The zero-order valence-electron chi connectivity index (χ0n) is 9.50. The predicted molar refractivity (Wildman–Crippen MR) is 69.5 cm³/mol. The number of nitrogen functional groups attached to an aromatic ring is 1. The van der Waals surface area contributed by atoms with Gasteiger partial charge in [0.2, 0.25) is 5.88 Å². The first-order valence-electron chi connectivity index (χ1n) is 5.31. The number of hydrogen-bond acceptors (Lipinski definition) is 5. The van der Waals surface area contributed by atoms with Crippen LogP contribution < -0.4 is 16.2 Å². The molecule has 0 spiro atoms. The van der Waals surface area contributed by atoms with Gasteiger partial charge in [0.1, 0.15) is 0 Å². The zero-order valence-corrected chi connectivity index (χ0v) is 10.3. The van der Waals surface area contributed by atoms with Gasteiger partial charge in [-0.15, -0.1) is 5.10 Å². The lowest BCUT2D eigenvalue weighted by Crippen LogP contribution is -2.12. The van der Waals surface area contributed by atoms with Gasteiger partial charge in [-0.3, -0.25) is 0 Å². The van der Waals surface area contributed by atoms with Gasteiger partial charge < -0.3 is 10.5 Å². The molecule has 0 aliphatic heterocycles. The van der Waals surface area contributed by atoms with E-state index in [1.54, 1.807) is 30.3 Å². The molecule has 2 aromatic heterocycles. The second kappa shape index (κ2) is 4.29. The van der Waals surface area contributed by atoms with E-state index in [9.17, 15) is 4.79 Å². The van der Waals surface area contributed by atoms with Gasteiger partial charge in [-0.2, -0.15) is 9.61 Å². The lowest BCUT2D eigenvalue weighted by Gasteiger charge is -2.07. The topological polar surface area (TPSA) is 98.3 Å². The van der Waals surface area contributed by atoms with E-state index in [1.165, 1.54) is 0 Å². The van der Waals surface area contributed by atoms with Crippen molar-refractivity contribution in [1.29, 1.82) is 0 Å². The summed E-state index contributed by atoms with van der Waals surface area (Å²) in [6.45, 7) is 0. The quantitative estimate of drug-likeness (QED) is 0.691. The third-order valence-electron chi connectivity index (χ3n) is 2.44. The maximum Gasteiger partial charge on any atom is 0.364 e. The number of aromatic nitrogens is 4. The SMILES string of the molecule is Nc1ccc(Cl)cc1Oc1ccc2n[nH]c(=O)n2n1. The molecule has 0 fully saturated rings. The van der Waals surface area contributed by atoms with Crippen molar-refractivity contribution in [3.05, 3.63) is 45.8 Å². The van der Waals surface area contributed by atoms with Crippen molar-refractivity contribution in [1.82, 2.24) is 19.8 Å². The van der Waals surface area contributed by atoms with Gasteiger partial charge in [0, 0.05) is 17.2 Å². The summed E-state index contributed by atoms with van der Waals surface area (Å²) in [5.74, 6) is 0.584. The van der Waals surface area contributed by atoms with Crippen molar-refractivity contribution in [2.24, 2.45) is 0 Å². The molecule has 1 aromatic carbocycles. The fraction of sp³-hybridized carbons (Fsp3) is 0. The number of fused-ring (bicyclic) bond motifs is 1. The average molecular weight is 278 g/mol. The van der Waals surface area contributed by atoms with Crippen molar-refractivity contribution in [3.63, 3.8) is 0 Å². The summed E-state index contributed by atoms with van der Waals surface area (Å²) < 4.78 is 6.59. The Balaban J connectivity index is 2.03. The number of rotatable bonds is 2. The molecule has 0 amide bonds. The Labute approximate surface area is 111 Å². The van der Waals surface area contributed by atoms with Crippen molar-refractivity contribution in [2.75, 3.05) is 5.73 Å². The van der Waals surface area contributed by atoms with Gasteiger partial charge >= 0.3 is 5.69 Å². The normalized spacial score (nSPS) is 10.8. The second-order valence-corrected chi connectivity index (χ2v) is 4.19. The van der Waals surface area contributed by atoms with E-state index < -0.39 is 5.69 Å². The number of nitrogens with two attached hydrogens (primary N) is 1. The largest absolute Gasteiger partial charge is 0.435 e. The van der Waals surface area contributed by atoms with Crippen LogP contribution in [0.25, 0.3) is 5.65 Å². The summed E-state index contributed by atoms with van der Waals surface area (Å²) in [7, 11) is 0. The highest BCUT2D eigenvalue weighted by molar-refractivity contribution is 6.30. The molecule has 0 radical (unpaired) electrons. The van der Waals surface area contributed by atoms with Crippen molar-refractivity contribution in [2.45, 2.75) is 0 Å². The molecular weight excluding hydrogens is 270 g/mol. The lowest BCUT2D eigenvalue weighted by atomic mass is 10.3. The fourth-order valence-corrected chi connectivity index (χ4v) is 1.71. The first kappa shape index (κ1) is 11.5. The smallest absolute Gasteiger partial charge is 0.364 e. The standard InChI is InChI=1S/C11H8ClN5O2/c12-6-1-2-7(13)8(5-6)19-10-4-3-9-14-15-11(18)17(9)16-10/h1-5H,13H2,(H,15,18). The Morgan fingerprint density at radius 2 is 2.16 bits per heavy atom. The minimum atomic E-state index is -0.445. The van der Waals surface area contributed by atoms with E-state index in [-0.39, 0.29) is 5.88 Å². The minimum absolute atomic E-state index is 0.213. The highest BCUT2D eigenvalue weighted by Crippen LogP contribution is 2.28. The molecule has 0 aliphatic carbocycles. The van der Waals surface area contributed by atoms with E-state index in [0.29, 0.717) is 22.1 Å². The van der Waals surface area contributed by atoms with Crippen LogP contribution in [0, 0.1) is 0 Å². The maximum absolute atomic E-state index is 11.4. The molecule has 0 aliphatic rings. The molecule has 0 unspecified atom stereocenters. The van der Waals surface area contributed by atoms with Crippen LogP contribution in [0.15, 0.2) is 35.1 Å². The number of nitrogens with zero attached hydrogens (tertiary/aromatic N) is 3. The van der Waals surface area contributed by atoms with Gasteiger partial charge in [0.05, 0.1) is 5.69 Å². The molecule has 3 N–H and O–H groups in total. The highest BCUT2D eigenvalue weighted by atomic mass is 35.5. The summed E-state index contributed by atoms with van der Waals surface area (Å²) in [5, 5.41) is 10.5. The van der Waals surface area contributed by atoms with Crippen LogP contribution in [0.4, 0.5) is 5.69 Å². The third kappa shape index (κ3) is 2.11. The number of nitrogens with one attached hydrogen (secondary N) is 1. The minimum Gasteiger partial charge on any atom is -0.435 e. The fourth-order valence-electron chi connectivity index (χ4n) is 1.55. The Morgan fingerprint density at radius 1 is 1.32 bits per heavy atom. The number of aromatic amines is 1. The molecule has 8 heteroatoms. The Kier molecular flexibility index (Phi) is 2.60. The molecule has 0 saturated carbocycles. The second-order valence-electron chi connectivity index (χ2n) is 3.75. The van der Waals surface area contributed by atoms with Crippen LogP contribution in [0.5, 0.6) is 11.6 Å². The summed E-state index contributed by atoms with van der Waals surface area (Å²) >= 11 is 5.86. The molecule has 0 atom stereocenters. The molecular formula is C11H8ClN5O2. The molecule has 7 nitrogen and oxygen atoms in total. The molecule has 3 rings (SSSR count). The van der Waals surface area contributed by atoms with Crippen LogP contribution >= 0.6 is 11.6 Å². The van der Waals surface area contributed by atoms with Gasteiger partial charge in [-0.25, -0.2) is 9.89 Å². The van der Waals surface area contributed by atoms with Crippen molar-refractivity contribution < 1.29 is 4.74 Å². The van der Waals surface area contributed by atoms with Gasteiger partial charge in [0.15, 0.2) is 11.4 Å². The number of benzene rings is 1. The number of anilines is 1. The summed E-state index contributed by atoms with van der Waals surface area (Å²) in [4.78, 5) is 11.4. The molecule has 3 aromatic rings. The van der Waals surface area contributed by atoms with E-state index in [2.05, 4.69) is 15.3 Å². The maximum atomic E-state index is 11.4. The van der Waals surface area contributed by atoms with Gasteiger partial charge in [-0.05, 0) is 18.2 Å². The number of halogens is 1. The summed E-state index contributed by atoms with van der Waals surface area (Å²) in [6, 6.07) is 8.03.